The molecule has 1 heteroatoms. The predicted molar refractivity (Wildman–Crippen MR) is 62.6 cm³/mol. The Balaban J connectivity index is 2.10. The topological polar surface area (TPSA) is 17.1 Å². The van der Waals surface area contributed by atoms with Crippen LogP contribution < -0.4 is 0 Å². The molecule has 2 aliphatic carbocycles. The highest BCUT2D eigenvalue weighted by Gasteiger charge is 2.40. The van der Waals surface area contributed by atoms with E-state index >= 15 is 0 Å². The fourth-order valence-corrected chi connectivity index (χ4v) is 4.02. The van der Waals surface area contributed by atoms with E-state index in [1.54, 1.807) is 6.92 Å². The third-order valence-corrected chi connectivity index (χ3v) is 5.00. The van der Waals surface area contributed by atoms with E-state index in [2.05, 4.69) is 13.8 Å². The van der Waals surface area contributed by atoms with Gasteiger partial charge in [-0.3, -0.25) is 4.79 Å². The van der Waals surface area contributed by atoms with Gasteiger partial charge in [-0.15, -0.1) is 0 Å². The van der Waals surface area contributed by atoms with E-state index in [-0.39, 0.29) is 0 Å². The van der Waals surface area contributed by atoms with Crippen molar-refractivity contribution in [2.45, 2.75) is 52.9 Å². The fraction of sp³-hybridized carbons (Fsp3) is 0.929. The number of hydrogen-bond acceptors (Lipinski definition) is 1. The third-order valence-electron chi connectivity index (χ3n) is 5.00. The molecule has 0 N–H and O–H groups in total. The van der Waals surface area contributed by atoms with Crippen LogP contribution in [0.25, 0.3) is 0 Å². The van der Waals surface area contributed by atoms with Crippen molar-refractivity contribution in [2.75, 3.05) is 0 Å². The molecule has 2 fully saturated rings. The summed E-state index contributed by atoms with van der Waals surface area (Å²) in [6.45, 7) is 6.54. The van der Waals surface area contributed by atoms with E-state index in [9.17, 15) is 4.79 Å². The molecule has 0 aliphatic heterocycles. The molecule has 2 rings (SSSR count). The minimum absolute atomic E-state index is 0.377. The maximum Gasteiger partial charge on any atom is 0.132 e. The minimum atomic E-state index is 0.377. The lowest BCUT2D eigenvalue weighted by atomic mass is 9.59. The lowest BCUT2D eigenvalue weighted by Gasteiger charge is -2.46. The van der Waals surface area contributed by atoms with Crippen molar-refractivity contribution in [3.63, 3.8) is 0 Å². The molecule has 15 heavy (non-hydrogen) atoms. The van der Waals surface area contributed by atoms with Crippen molar-refractivity contribution >= 4 is 5.78 Å². The monoisotopic (exact) mass is 208 g/mol. The van der Waals surface area contributed by atoms with Gasteiger partial charge in [0.05, 0.1) is 0 Å². The van der Waals surface area contributed by atoms with E-state index < -0.39 is 0 Å². The zero-order valence-corrected chi connectivity index (χ0v) is 10.3. The summed E-state index contributed by atoms with van der Waals surface area (Å²) in [5.74, 6) is 4.20. The first-order valence-corrected chi connectivity index (χ1v) is 6.60. The van der Waals surface area contributed by atoms with E-state index in [1.807, 2.05) is 0 Å². The summed E-state index contributed by atoms with van der Waals surface area (Å²) < 4.78 is 0. The lowest BCUT2D eigenvalue weighted by molar-refractivity contribution is -0.124. The van der Waals surface area contributed by atoms with Crippen LogP contribution in [0.4, 0.5) is 0 Å². The lowest BCUT2D eigenvalue weighted by Crippen LogP contribution is -2.39. The maximum absolute atomic E-state index is 11.5. The Hall–Kier alpha value is -0.330. The summed E-state index contributed by atoms with van der Waals surface area (Å²) >= 11 is 0. The molecule has 5 atom stereocenters. The van der Waals surface area contributed by atoms with Gasteiger partial charge < -0.3 is 0 Å². The van der Waals surface area contributed by atoms with Crippen LogP contribution in [0.5, 0.6) is 0 Å². The normalized spacial score (nSPS) is 45.9. The Bertz CT molecular complexity index is 246. The van der Waals surface area contributed by atoms with Crippen LogP contribution in [0.1, 0.15) is 52.9 Å². The van der Waals surface area contributed by atoms with Crippen molar-refractivity contribution in [1.29, 1.82) is 0 Å². The van der Waals surface area contributed by atoms with Crippen LogP contribution >= 0.6 is 0 Å². The standard InChI is InChI=1S/C14H24O/c1-9-5-4-6-13-10(2)7-12(11(3)15)8-14(9)13/h9-10,12-14H,4-8H2,1-3H3/t9-,10-,12+,13?,14?/m0/s1. The molecule has 0 aromatic carbocycles. The molecule has 2 aliphatic rings. The zero-order chi connectivity index (χ0) is 11.0. The average Bonchev–Trinajstić information content (AvgIpc) is 2.19. The summed E-state index contributed by atoms with van der Waals surface area (Å²) in [6.07, 6.45) is 6.56. The molecule has 1 nitrogen and oxygen atoms in total. The van der Waals surface area contributed by atoms with Crippen molar-refractivity contribution in [3.8, 4) is 0 Å². The van der Waals surface area contributed by atoms with Gasteiger partial charge in [0.25, 0.3) is 0 Å². The zero-order valence-electron chi connectivity index (χ0n) is 10.3. The first kappa shape index (κ1) is 11.2. The second kappa shape index (κ2) is 4.27. The van der Waals surface area contributed by atoms with Crippen LogP contribution in [-0.4, -0.2) is 5.78 Å². The van der Waals surface area contributed by atoms with Gasteiger partial charge in [0.1, 0.15) is 5.78 Å². The molecule has 0 bridgehead atoms. The Labute approximate surface area is 93.6 Å². The van der Waals surface area contributed by atoms with E-state index in [0.717, 1.165) is 30.1 Å². The van der Waals surface area contributed by atoms with Gasteiger partial charge in [-0.2, -0.15) is 0 Å². The molecule has 0 radical (unpaired) electrons. The van der Waals surface area contributed by atoms with Crippen molar-refractivity contribution in [1.82, 2.24) is 0 Å². The van der Waals surface area contributed by atoms with Crippen LogP contribution in [0.2, 0.25) is 0 Å². The van der Waals surface area contributed by atoms with Gasteiger partial charge >= 0.3 is 0 Å². The smallest absolute Gasteiger partial charge is 0.132 e. The van der Waals surface area contributed by atoms with Gasteiger partial charge in [-0.25, -0.2) is 0 Å². The molecule has 0 heterocycles. The molecule has 0 aromatic heterocycles. The molecule has 0 aromatic rings. The number of carbonyl (C=O) groups excluding carboxylic acids is 1. The van der Waals surface area contributed by atoms with E-state index in [4.69, 9.17) is 0 Å². The van der Waals surface area contributed by atoms with Crippen LogP contribution in [0, 0.1) is 29.6 Å². The second-order valence-corrected chi connectivity index (χ2v) is 5.99. The van der Waals surface area contributed by atoms with Crippen LogP contribution in [0.15, 0.2) is 0 Å². The minimum Gasteiger partial charge on any atom is -0.300 e. The highest BCUT2D eigenvalue weighted by atomic mass is 16.1. The molecule has 2 unspecified atom stereocenters. The molecule has 2 saturated carbocycles. The number of ketones is 1. The number of fused-ring (bicyclic) bond motifs is 1. The Kier molecular flexibility index (Phi) is 3.18. The van der Waals surface area contributed by atoms with E-state index in [0.29, 0.717) is 11.7 Å². The summed E-state index contributed by atoms with van der Waals surface area (Å²) in [5, 5.41) is 0. The molecule has 86 valence electrons. The van der Waals surface area contributed by atoms with E-state index in [1.165, 1.54) is 25.7 Å². The van der Waals surface area contributed by atoms with Gasteiger partial charge in [-0.05, 0) is 49.9 Å². The molecular weight excluding hydrogens is 184 g/mol. The Morgan fingerprint density at radius 1 is 1.00 bits per heavy atom. The highest BCUT2D eigenvalue weighted by molar-refractivity contribution is 5.78. The van der Waals surface area contributed by atoms with Crippen LogP contribution in [-0.2, 0) is 4.79 Å². The van der Waals surface area contributed by atoms with Crippen molar-refractivity contribution < 1.29 is 4.79 Å². The molecular formula is C14H24O. The third kappa shape index (κ3) is 2.11. The average molecular weight is 208 g/mol. The quantitative estimate of drug-likeness (QED) is 0.642. The van der Waals surface area contributed by atoms with Crippen molar-refractivity contribution in [3.05, 3.63) is 0 Å². The summed E-state index contributed by atoms with van der Waals surface area (Å²) in [6, 6.07) is 0. The number of Topliss-reactive ketones (excluding diaryl/α,β-unsaturated/α-hetero) is 1. The summed E-state index contributed by atoms with van der Waals surface area (Å²) in [5.41, 5.74) is 0. The predicted octanol–water partition coefficient (Wildman–Crippen LogP) is 3.67. The number of hydrogen-bond donors (Lipinski definition) is 0. The first-order chi connectivity index (χ1) is 7.09. The Morgan fingerprint density at radius 3 is 2.40 bits per heavy atom. The van der Waals surface area contributed by atoms with Crippen LogP contribution in [0.3, 0.4) is 0 Å². The number of rotatable bonds is 1. The Morgan fingerprint density at radius 2 is 1.73 bits per heavy atom. The van der Waals surface area contributed by atoms with Gasteiger partial charge in [0.2, 0.25) is 0 Å². The van der Waals surface area contributed by atoms with Gasteiger partial charge in [-0.1, -0.05) is 26.7 Å². The maximum atomic E-state index is 11.5. The SMILES string of the molecule is CC(=O)[C@H]1CC2C(CCC[C@@H]2C)[C@@H](C)C1. The van der Waals surface area contributed by atoms with Crippen molar-refractivity contribution in [2.24, 2.45) is 29.6 Å². The summed E-state index contributed by atoms with van der Waals surface area (Å²) in [4.78, 5) is 11.5. The number of carbonyl (C=O) groups is 1. The molecule has 0 saturated heterocycles. The second-order valence-electron chi connectivity index (χ2n) is 5.99. The van der Waals surface area contributed by atoms with Gasteiger partial charge in [0, 0.05) is 5.92 Å². The molecule has 0 amide bonds. The van der Waals surface area contributed by atoms with Gasteiger partial charge in [0.15, 0.2) is 0 Å². The highest BCUT2D eigenvalue weighted by Crippen LogP contribution is 2.48. The summed E-state index contributed by atoms with van der Waals surface area (Å²) in [7, 11) is 0. The fourth-order valence-electron chi connectivity index (χ4n) is 4.02. The largest absolute Gasteiger partial charge is 0.300 e. The first-order valence-electron chi connectivity index (χ1n) is 6.60. The molecule has 0 spiro atoms.